The molecule has 1 fully saturated rings. The number of nitrogens with two attached hydrogens (primary N) is 1. The van der Waals surface area contributed by atoms with E-state index in [9.17, 15) is 15.0 Å². The number of aromatic nitrogens is 3. The second-order valence-electron chi connectivity index (χ2n) is 10.5. The molecule has 210 valence electrons. The zero-order valence-corrected chi connectivity index (χ0v) is 23.9. The number of amides is 1. The molecular weight excluding hydrogens is 551 g/mol. The lowest BCUT2D eigenvalue weighted by Gasteiger charge is -2.38. The summed E-state index contributed by atoms with van der Waals surface area (Å²) in [7, 11) is 1.81. The van der Waals surface area contributed by atoms with Crippen LogP contribution in [0.3, 0.4) is 0 Å². The summed E-state index contributed by atoms with van der Waals surface area (Å²) in [4.78, 5) is 21.1. The third kappa shape index (κ3) is 5.34. The molecule has 4 aromatic rings. The van der Waals surface area contributed by atoms with Gasteiger partial charge >= 0.3 is 0 Å². The fourth-order valence-electron chi connectivity index (χ4n) is 5.08. The minimum Gasteiger partial charge on any atom is -0.394 e. The quantitative estimate of drug-likeness (QED) is 0.284. The number of rotatable bonds is 8. The van der Waals surface area contributed by atoms with Crippen LogP contribution in [0.15, 0.2) is 54.6 Å². The van der Waals surface area contributed by atoms with Crippen LogP contribution in [0.25, 0.3) is 28.0 Å². The van der Waals surface area contributed by atoms with E-state index in [1.165, 1.54) is 0 Å². The van der Waals surface area contributed by atoms with Crippen molar-refractivity contribution in [1.29, 1.82) is 0 Å². The highest BCUT2D eigenvalue weighted by Crippen LogP contribution is 2.41. The maximum atomic E-state index is 12.1. The molecule has 4 N–H and O–H groups in total. The topological polar surface area (TPSA) is 120 Å². The summed E-state index contributed by atoms with van der Waals surface area (Å²) in [5.74, 6) is 1.08. The molecule has 2 aromatic heterocycles. The van der Waals surface area contributed by atoms with Crippen LogP contribution >= 0.6 is 23.2 Å². The smallest absolute Gasteiger partial charge is 0.223 e. The van der Waals surface area contributed by atoms with Gasteiger partial charge in [-0.15, -0.1) is 0 Å². The number of nitrogens with zero attached hydrogens (tertiary/aromatic N) is 5. The van der Waals surface area contributed by atoms with Gasteiger partial charge in [-0.3, -0.25) is 4.79 Å². The number of fused-ring (bicyclic) bond motifs is 1. The Hall–Kier alpha value is -3.37. The molecule has 1 amide bonds. The van der Waals surface area contributed by atoms with Gasteiger partial charge in [0.25, 0.3) is 0 Å². The molecule has 1 aliphatic heterocycles. The largest absolute Gasteiger partial charge is 0.394 e. The van der Waals surface area contributed by atoms with Crippen molar-refractivity contribution in [2.75, 3.05) is 43.1 Å². The van der Waals surface area contributed by atoms with E-state index in [0.717, 1.165) is 22.5 Å². The predicted octanol–water partition coefficient (Wildman–Crippen LogP) is 4.25. The first-order valence-electron chi connectivity index (χ1n) is 13.1. The van der Waals surface area contributed by atoms with E-state index < -0.39 is 11.5 Å². The maximum absolute atomic E-state index is 12.1. The lowest BCUT2D eigenvalue weighted by molar-refractivity contribution is -0.127. The molecule has 5 rings (SSSR count). The van der Waals surface area contributed by atoms with Crippen LogP contribution in [0.5, 0.6) is 0 Å². The Morgan fingerprint density at radius 3 is 2.45 bits per heavy atom. The summed E-state index contributed by atoms with van der Waals surface area (Å²) in [6, 6.07) is 16.9. The Morgan fingerprint density at radius 2 is 1.82 bits per heavy atom. The van der Waals surface area contributed by atoms with Crippen LogP contribution in [-0.4, -0.2) is 70.1 Å². The summed E-state index contributed by atoms with van der Waals surface area (Å²) >= 11 is 12.9. The van der Waals surface area contributed by atoms with Gasteiger partial charge in [-0.25, -0.2) is 4.98 Å². The number of carbonyl (C=O) groups is 1. The van der Waals surface area contributed by atoms with Gasteiger partial charge in [0.1, 0.15) is 17.3 Å². The summed E-state index contributed by atoms with van der Waals surface area (Å²) in [6.45, 7) is 2.92. The van der Waals surface area contributed by atoms with Gasteiger partial charge in [0.15, 0.2) is 5.65 Å². The monoisotopic (exact) mass is 582 g/mol. The number of aliphatic hydroxyl groups excluding tert-OH is 2. The third-order valence-electron chi connectivity index (χ3n) is 7.69. The second-order valence-corrected chi connectivity index (χ2v) is 11.4. The van der Waals surface area contributed by atoms with E-state index in [4.69, 9.17) is 39.0 Å². The predicted molar refractivity (Wildman–Crippen MR) is 159 cm³/mol. The number of piperidine rings is 1. The molecule has 40 heavy (non-hydrogen) atoms. The zero-order valence-electron chi connectivity index (χ0n) is 22.4. The molecule has 1 aliphatic rings. The summed E-state index contributed by atoms with van der Waals surface area (Å²) in [5, 5.41) is 25.8. The van der Waals surface area contributed by atoms with Gasteiger partial charge in [0.2, 0.25) is 5.91 Å². The number of hydrogen-bond donors (Lipinski definition) is 3. The molecule has 0 saturated carbocycles. The molecule has 0 aliphatic carbocycles. The average Bonchev–Trinajstić information content (AvgIpc) is 3.32. The van der Waals surface area contributed by atoms with Gasteiger partial charge in [-0.05, 0) is 36.6 Å². The van der Waals surface area contributed by atoms with Crippen molar-refractivity contribution >= 4 is 46.4 Å². The van der Waals surface area contributed by atoms with Crippen LogP contribution in [-0.2, 0) is 4.79 Å². The van der Waals surface area contributed by atoms with Crippen LogP contribution in [0, 0.1) is 5.41 Å². The van der Waals surface area contributed by atoms with Crippen LogP contribution in [0.4, 0.5) is 11.6 Å². The Bertz CT molecular complexity index is 1530. The van der Waals surface area contributed by atoms with Gasteiger partial charge in [-0.2, -0.15) is 9.61 Å². The highest BCUT2D eigenvalue weighted by molar-refractivity contribution is 6.33. The van der Waals surface area contributed by atoms with Crippen molar-refractivity contribution in [1.82, 2.24) is 14.6 Å². The van der Waals surface area contributed by atoms with Gasteiger partial charge in [0, 0.05) is 48.7 Å². The van der Waals surface area contributed by atoms with Crippen LogP contribution < -0.4 is 15.5 Å². The Kier molecular flexibility index (Phi) is 7.92. The molecule has 9 nitrogen and oxygen atoms in total. The number of halogens is 2. The van der Waals surface area contributed by atoms with E-state index in [2.05, 4.69) is 4.90 Å². The van der Waals surface area contributed by atoms with E-state index in [1.54, 1.807) is 4.90 Å². The number of primary amides is 1. The molecule has 3 heterocycles. The van der Waals surface area contributed by atoms with E-state index in [1.807, 2.05) is 73.1 Å². The van der Waals surface area contributed by atoms with Gasteiger partial charge < -0.3 is 25.7 Å². The van der Waals surface area contributed by atoms with Gasteiger partial charge in [0.05, 0.1) is 23.3 Å². The number of likely N-dealkylation sites (N-methyl/N-ethyl adjacent to an activating group) is 1. The van der Waals surface area contributed by atoms with E-state index >= 15 is 0 Å². The molecule has 1 saturated heterocycles. The van der Waals surface area contributed by atoms with Crippen molar-refractivity contribution in [3.05, 3.63) is 64.6 Å². The Labute approximate surface area is 242 Å². The fraction of sp³-hybridized carbons (Fsp3) is 0.345. The van der Waals surface area contributed by atoms with Crippen LogP contribution in [0.2, 0.25) is 10.0 Å². The number of benzene rings is 2. The number of anilines is 2. The molecular formula is C29H32Cl2N6O3. The summed E-state index contributed by atoms with van der Waals surface area (Å²) < 4.78 is 1.81. The van der Waals surface area contributed by atoms with E-state index in [-0.39, 0.29) is 19.1 Å². The number of aliphatic hydroxyl groups is 2. The molecule has 1 atom stereocenters. The first-order valence-corrected chi connectivity index (χ1v) is 13.9. The molecule has 11 heteroatoms. The van der Waals surface area contributed by atoms with Crippen molar-refractivity contribution in [2.45, 2.75) is 25.9 Å². The number of hydrogen-bond acceptors (Lipinski definition) is 7. The normalized spacial score (nSPS) is 15.8. The molecule has 2 aromatic carbocycles. The highest BCUT2D eigenvalue weighted by Gasteiger charge is 2.36. The van der Waals surface area contributed by atoms with Crippen molar-refractivity contribution < 1.29 is 15.0 Å². The van der Waals surface area contributed by atoms with Crippen molar-refractivity contribution in [2.24, 2.45) is 11.1 Å². The number of carbonyl (C=O) groups excluding carboxylic acids is 1. The van der Waals surface area contributed by atoms with Crippen LogP contribution in [0.1, 0.15) is 19.8 Å². The third-order valence-corrected chi connectivity index (χ3v) is 8.27. The molecule has 0 spiro atoms. The maximum Gasteiger partial charge on any atom is 0.223 e. The Balaban J connectivity index is 1.75. The first-order chi connectivity index (χ1) is 19.1. The standard InChI is InChI=1S/C29H32Cl2N6O3/c1-29(28(32)40)11-13-36(14-12-29)24-15-23(35(2)16-20(39)17-38)33-27-25(18-7-9-19(30)10-8-18)26(34-37(24)27)21-5-3-4-6-22(21)31/h3-10,15,20,38-39H,11-14,16-17H2,1-2H3,(H2,32,40). The molecule has 0 radical (unpaired) electrons. The highest BCUT2D eigenvalue weighted by atomic mass is 35.5. The lowest BCUT2D eigenvalue weighted by atomic mass is 9.80. The average molecular weight is 584 g/mol. The molecule has 0 bridgehead atoms. The van der Waals surface area contributed by atoms with E-state index in [0.29, 0.717) is 53.1 Å². The zero-order chi connectivity index (χ0) is 28.6. The summed E-state index contributed by atoms with van der Waals surface area (Å²) in [5.41, 5.74) is 8.81. The second kappa shape index (κ2) is 11.2. The minimum absolute atomic E-state index is 0.181. The van der Waals surface area contributed by atoms with Crippen molar-refractivity contribution in [3.8, 4) is 22.4 Å². The Morgan fingerprint density at radius 1 is 1.15 bits per heavy atom. The van der Waals surface area contributed by atoms with Gasteiger partial charge in [-0.1, -0.05) is 60.5 Å². The SMILES string of the molecule is CN(CC(O)CO)c1cc(N2CCC(C)(C(N)=O)CC2)n2nc(-c3ccccc3Cl)c(-c3ccc(Cl)cc3)c2n1. The lowest BCUT2D eigenvalue weighted by Crippen LogP contribution is -2.46. The van der Waals surface area contributed by atoms with Crippen molar-refractivity contribution in [3.63, 3.8) is 0 Å². The fourth-order valence-corrected chi connectivity index (χ4v) is 5.43. The summed E-state index contributed by atoms with van der Waals surface area (Å²) in [6.07, 6.45) is 0.268. The molecule has 1 unspecified atom stereocenters. The first kappa shape index (κ1) is 28.2. The minimum atomic E-state index is -0.933.